The molecule has 1 aliphatic rings. The number of nitrogens with one attached hydrogen (secondary N) is 1. The minimum absolute atomic E-state index is 0.0143. The topological polar surface area (TPSA) is 41.6 Å². The molecule has 26 heavy (non-hydrogen) atoms. The highest BCUT2D eigenvalue weighted by Gasteiger charge is 2.14. The summed E-state index contributed by atoms with van der Waals surface area (Å²) >= 11 is 1.65. The lowest BCUT2D eigenvalue weighted by molar-refractivity contribution is 0.0340. The van der Waals surface area contributed by atoms with Crippen LogP contribution in [0.3, 0.4) is 0 Å². The molecule has 1 N–H and O–H groups in total. The van der Waals surface area contributed by atoms with Crippen molar-refractivity contribution in [1.82, 2.24) is 10.2 Å². The molecule has 0 aliphatic carbocycles. The van der Waals surface area contributed by atoms with Crippen molar-refractivity contribution in [3.8, 4) is 0 Å². The monoisotopic (exact) mass is 370 g/mol. The van der Waals surface area contributed by atoms with Gasteiger partial charge in [0, 0.05) is 36.6 Å². The molecule has 0 aromatic heterocycles. The van der Waals surface area contributed by atoms with Crippen LogP contribution in [0.5, 0.6) is 0 Å². The predicted molar refractivity (Wildman–Crippen MR) is 107 cm³/mol. The standard InChI is InChI=1S/C21H26N2O2S/c1-16-7-8-19(26-2)13-20(16)21(24)22-14-17-5-3-4-6-18(17)15-23-9-11-25-12-10-23/h3-8,13H,9-12,14-15H2,1-2H3,(H,22,24). The second kappa shape index (κ2) is 9.21. The highest BCUT2D eigenvalue weighted by molar-refractivity contribution is 7.98. The number of hydrogen-bond donors (Lipinski definition) is 1. The highest BCUT2D eigenvalue weighted by atomic mass is 32.2. The molecular weight excluding hydrogens is 344 g/mol. The number of aryl methyl sites for hydroxylation is 1. The van der Waals surface area contributed by atoms with Crippen LogP contribution in [0.1, 0.15) is 27.0 Å². The Morgan fingerprint density at radius 2 is 1.88 bits per heavy atom. The van der Waals surface area contributed by atoms with Crippen LogP contribution in [0, 0.1) is 6.92 Å². The van der Waals surface area contributed by atoms with Crippen molar-refractivity contribution >= 4 is 17.7 Å². The first kappa shape index (κ1) is 19.0. The predicted octanol–water partition coefficient (Wildman–Crippen LogP) is 3.48. The first-order valence-corrected chi connectivity index (χ1v) is 10.2. The van der Waals surface area contributed by atoms with Crippen LogP contribution in [0.4, 0.5) is 0 Å². The maximum absolute atomic E-state index is 12.7. The SMILES string of the molecule is CSc1ccc(C)c(C(=O)NCc2ccccc2CN2CCOCC2)c1. The summed E-state index contributed by atoms with van der Waals surface area (Å²) in [7, 11) is 0. The second-order valence-corrected chi connectivity index (χ2v) is 7.40. The third-order valence-corrected chi connectivity index (χ3v) is 5.47. The average Bonchev–Trinajstić information content (AvgIpc) is 2.68. The van der Waals surface area contributed by atoms with Gasteiger partial charge in [0.05, 0.1) is 13.2 Å². The van der Waals surface area contributed by atoms with E-state index in [1.54, 1.807) is 11.8 Å². The van der Waals surface area contributed by atoms with Crippen LogP contribution in [0.2, 0.25) is 0 Å². The molecule has 0 atom stereocenters. The van der Waals surface area contributed by atoms with Crippen molar-refractivity contribution in [2.75, 3.05) is 32.6 Å². The van der Waals surface area contributed by atoms with Gasteiger partial charge in [-0.1, -0.05) is 30.3 Å². The molecule has 2 aromatic carbocycles. The smallest absolute Gasteiger partial charge is 0.251 e. The lowest BCUT2D eigenvalue weighted by atomic mass is 10.1. The molecule has 1 aliphatic heterocycles. The van der Waals surface area contributed by atoms with E-state index >= 15 is 0 Å². The molecule has 1 fully saturated rings. The van der Waals surface area contributed by atoms with Crippen molar-refractivity contribution in [3.63, 3.8) is 0 Å². The van der Waals surface area contributed by atoms with Crippen LogP contribution < -0.4 is 5.32 Å². The van der Waals surface area contributed by atoms with E-state index in [-0.39, 0.29) is 5.91 Å². The van der Waals surface area contributed by atoms with Gasteiger partial charge in [0.1, 0.15) is 0 Å². The van der Waals surface area contributed by atoms with E-state index in [0.29, 0.717) is 6.54 Å². The Hall–Kier alpha value is -1.82. The van der Waals surface area contributed by atoms with E-state index in [9.17, 15) is 4.79 Å². The van der Waals surface area contributed by atoms with Crippen LogP contribution in [0.15, 0.2) is 47.4 Å². The van der Waals surface area contributed by atoms with Gasteiger partial charge in [-0.15, -0.1) is 11.8 Å². The number of nitrogens with zero attached hydrogens (tertiary/aromatic N) is 1. The van der Waals surface area contributed by atoms with Crippen molar-refractivity contribution in [3.05, 3.63) is 64.7 Å². The number of benzene rings is 2. The third-order valence-electron chi connectivity index (χ3n) is 4.74. The lowest BCUT2D eigenvalue weighted by Crippen LogP contribution is -2.36. The summed E-state index contributed by atoms with van der Waals surface area (Å²) in [5, 5.41) is 3.09. The zero-order valence-electron chi connectivity index (χ0n) is 15.5. The lowest BCUT2D eigenvalue weighted by Gasteiger charge is -2.27. The summed E-state index contributed by atoms with van der Waals surface area (Å²) in [5.74, 6) is -0.0143. The molecule has 4 nitrogen and oxygen atoms in total. The minimum Gasteiger partial charge on any atom is -0.379 e. The van der Waals surface area contributed by atoms with E-state index in [4.69, 9.17) is 4.74 Å². The van der Waals surface area contributed by atoms with Crippen LogP contribution in [-0.2, 0) is 17.8 Å². The van der Waals surface area contributed by atoms with Gasteiger partial charge < -0.3 is 10.1 Å². The molecule has 2 aromatic rings. The Morgan fingerprint density at radius 1 is 1.15 bits per heavy atom. The first-order valence-electron chi connectivity index (χ1n) is 8.97. The fourth-order valence-corrected chi connectivity index (χ4v) is 3.57. The summed E-state index contributed by atoms with van der Waals surface area (Å²) in [6.07, 6.45) is 2.02. The fraction of sp³-hybridized carbons (Fsp3) is 0.381. The summed E-state index contributed by atoms with van der Waals surface area (Å²) < 4.78 is 5.43. The molecule has 0 saturated carbocycles. The Labute approximate surface area is 159 Å². The molecule has 0 bridgehead atoms. The van der Waals surface area contributed by atoms with Gasteiger partial charge in [0.15, 0.2) is 0 Å². The van der Waals surface area contributed by atoms with E-state index in [0.717, 1.165) is 48.9 Å². The number of morpholine rings is 1. The molecule has 1 heterocycles. The Bertz CT molecular complexity index is 757. The zero-order chi connectivity index (χ0) is 18.4. The Balaban J connectivity index is 1.67. The van der Waals surface area contributed by atoms with Crippen molar-refractivity contribution in [2.24, 2.45) is 0 Å². The van der Waals surface area contributed by atoms with Gasteiger partial charge in [-0.2, -0.15) is 0 Å². The third kappa shape index (κ3) is 4.87. The van der Waals surface area contributed by atoms with E-state index in [1.807, 2.05) is 31.4 Å². The second-order valence-electron chi connectivity index (χ2n) is 6.52. The number of hydrogen-bond acceptors (Lipinski definition) is 4. The Morgan fingerprint density at radius 3 is 2.62 bits per heavy atom. The maximum Gasteiger partial charge on any atom is 0.251 e. The number of thioether (sulfide) groups is 1. The first-order chi connectivity index (χ1) is 12.7. The number of ether oxygens (including phenoxy) is 1. The van der Waals surface area contributed by atoms with Crippen molar-refractivity contribution in [1.29, 1.82) is 0 Å². The van der Waals surface area contributed by atoms with Gasteiger partial charge in [-0.25, -0.2) is 0 Å². The minimum atomic E-state index is -0.0143. The fourth-order valence-electron chi connectivity index (χ4n) is 3.13. The molecule has 0 unspecified atom stereocenters. The van der Waals surface area contributed by atoms with E-state index < -0.39 is 0 Å². The van der Waals surface area contributed by atoms with Gasteiger partial charge in [0.2, 0.25) is 0 Å². The van der Waals surface area contributed by atoms with Crippen molar-refractivity contribution in [2.45, 2.75) is 24.9 Å². The van der Waals surface area contributed by atoms with E-state index in [2.05, 4.69) is 34.5 Å². The molecular formula is C21H26N2O2S. The molecule has 0 radical (unpaired) electrons. The molecule has 3 rings (SSSR count). The molecule has 1 amide bonds. The van der Waals surface area contributed by atoms with Gasteiger partial charge in [0.25, 0.3) is 5.91 Å². The molecule has 5 heteroatoms. The molecule has 138 valence electrons. The van der Waals surface area contributed by atoms with Crippen molar-refractivity contribution < 1.29 is 9.53 Å². The number of rotatable bonds is 6. The Kier molecular flexibility index (Phi) is 6.72. The maximum atomic E-state index is 12.7. The quantitative estimate of drug-likeness (QED) is 0.791. The van der Waals surface area contributed by atoms with Crippen LogP contribution in [0.25, 0.3) is 0 Å². The van der Waals surface area contributed by atoms with Gasteiger partial charge >= 0.3 is 0 Å². The van der Waals surface area contributed by atoms with Crippen LogP contribution in [-0.4, -0.2) is 43.4 Å². The van der Waals surface area contributed by atoms with Gasteiger partial charge in [-0.05, 0) is 42.0 Å². The summed E-state index contributed by atoms with van der Waals surface area (Å²) in [6, 6.07) is 14.4. The summed E-state index contributed by atoms with van der Waals surface area (Å²) in [5.41, 5.74) is 4.19. The number of carbonyl (C=O) groups excluding carboxylic acids is 1. The highest BCUT2D eigenvalue weighted by Crippen LogP contribution is 2.19. The zero-order valence-corrected chi connectivity index (χ0v) is 16.3. The van der Waals surface area contributed by atoms with Gasteiger partial charge in [-0.3, -0.25) is 9.69 Å². The molecule has 1 saturated heterocycles. The average molecular weight is 371 g/mol. The summed E-state index contributed by atoms with van der Waals surface area (Å²) in [4.78, 5) is 16.2. The largest absolute Gasteiger partial charge is 0.379 e. The number of carbonyl (C=O) groups is 1. The van der Waals surface area contributed by atoms with Crippen LogP contribution >= 0.6 is 11.8 Å². The molecule has 0 spiro atoms. The summed E-state index contributed by atoms with van der Waals surface area (Å²) in [6.45, 7) is 6.93. The number of amides is 1. The normalized spacial score (nSPS) is 15.0. The van der Waals surface area contributed by atoms with E-state index in [1.165, 1.54) is 11.1 Å².